The number of sulfonamides is 1. The number of rotatable bonds is 8. The van der Waals surface area contributed by atoms with Crippen LogP contribution in [0, 0.1) is 18.3 Å². The third kappa shape index (κ3) is 5.45. The zero-order valence-corrected chi connectivity index (χ0v) is 18.5. The molecular weight excluding hydrogens is 428 g/mol. The average Bonchev–Trinajstić information content (AvgIpc) is 2.82. The molecule has 0 heterocycles. The number of hydrogen-bond acceptors (Lipinski definition) is 6. The Bertz CT molecular complexity index is 1230. The Balaban J connectivity index is 1.62. The number of nitriles is 1. The SMILES string of the molecule is Cc1ccc(N(C)S(=O)(=O)c2cccc(C(=O)OCCOc3ccc(C#N)cc3)c2)cc1. The number of aryl methyl sites for hydroxylation is 1. The first-order valence-electron chi connectivity index (χ1n) is 9.77. The van der Waals surface area contributed by atoms with Gasteiger partial charge in [-0.05, 0) is 61.5 Å². The predicted octanol–water partition coefficient (Wildman–Crippen LogP) is 3.93. The molecule has 8 heteroatoms. The molecule has 164 valence electrons. The fraction of sp³-hybridized carbons (Fsp3) is 0.167. The first-order chi connectivity index (χ1) is 15.3. The smallest absolute Gasteiger partial charge is 0.338 e. The van der Waals surface area contributed by atoms with Crippen LogP contribution in [0.2, 0.25) is 0 Å². The quantitative estimate of drug-likeness (QED) is 0.381. The summed E-state index contributed by atoms with van der Waals surface area (Å²) in [6, 6.07) is 21.4. The van der Waals surface area contributed by atoms with Crippen molar-refractivity contribution in [1.82, 2.24) is 0 Å². The van der Waals surface area contributed by atoms with E-state index in [0.29, 0.717) is 17.0 Å². The third-order valence-electron chi connectivity index (χ3n) is 4.69. The lowest BCUT2D eigenvalue weighted by Crippen LogP contribution is -2.26. The van der Waals surface area contributed by atoms with Gasteiger partial charge in [-0.25, -0.2) is 13.2 Å². The highest BCUT2D eigenvalue weighted by atomic mass is 32.2. The number of carbonyl (C=O) groups excluding carboxylic acids is 1. The van der Waals surface area contributed by atoms with Crippen LogP contribution in [-0.4, -0.2) is 34.6 Å². The van der Waals surface area contributed by atoms with Crippen LogP contribution in [0.3, 0.4) is 0 Å². The summed E-state index contributed by atoms with van der Waals surface area (Å²) >= 11 is 0. The minimum Gasteiger partial charge on any atom is -0.490 e. The van der Waals surface area contributed by atoms with E-state index in [2.05, 4.69) is 0 Å². The Hall–Kier alpha value is -3.83. The Morgan fingerprint density at radius 2 is 1.69 bits per heavy atom. The van der Waals surface area contributed by atoms with E-state index in [1.54, 1.807) is 36.4 Å². The van der Waals surface area contributed by atoms with Crippen molar-refractivity contribution in [2.45, 2.75) is 11.8 Å². The second-order valence-electron chi connectivity index (χ2n) is 6.96. The Morgan fingerprint density at radius 1 is 1.00 bits per heavy atom. The van der Waals surface area contributed by atoms with Crippen molar-refractivity contribution in [3.63, 3.8) is 0 Å². The van der Waals surface area contributed by atoms with Crippen LogP contribution >= 0.6 is 0 Å². The summed E-state index contributed by atoms with van der Waals surface area (Å²) in [7, 11) is -2.39. The monoisotopic (exact) mass is 450 g/mol. The zero-order chi connectivity index (χ0) is 23.1. The van der Waals surface area contributed by atoms with E-state index in [1.165, 1.54) is 35.6 Å². The van der Waals surface area contributed by atoms with Gasteiger partial charge in [-0.3, -0.25) is 4.31 Å². The molecule has 0 atom stereocenters. The minimum atomic E-state index is -3.85. The molecule has 3 aromatic rings. The molecule has 3 aromatic carbocycles. The normalized spacial score (nSPS) is 10.8. The van der Waals surface area contributed by atoms with E-state index < -0.39 is 16.0 Å². The van der Waals surface area contributed by atoms with Crippen LogP contribution in [0.1, 0.15) is 21.5 Å². The second-order valence-corrected chi connectivity index (χ2v) is 8.93. The molecule has 0 aliphatic carbocycles. The van der Waals surface area contributed by atoms with Crippen LogP contribution in [-0.2, 0) is 14.8 Å². The zero-order valence-electron chi connectivity index (χ0n) is 17.7. The summed E-state index contributed by atoms with van der Waals surface area (Å²) < 4.78 is 37.8. The van der Waals surface area contributed by atoms with Crippen molar-refractivity contribution in [3.05, 3.63) is 89.5 Å². The number of nitrogens with zero attached hydrogens (tertiary/aromatic N) is 2. The van der Waals surface area contributed by atoms with Crippen LogP contribution in [0.4, 0.5) is 5.69 Å². The summed E-state index contributed by atoms with van der Waals surface area (Å²) in [5, 5.41) is 8.79. The molecule has 0 amide bonds. The van der Waals surface area contributed by atoms with Gasteiger partial charge >= 0.3 is 5.97 Å². The molecule has 0 radical (unpaired) electrons. The second kappa shape index (κ2) is 9.98. The molecular formula is C24H22N2O5S. The molecule has 0 saturated heterocycles. The van der Waals surface area contributed by atoms with Gasteiger partial charge in [0.1, 0.15) is 19.0 Å². The highest BCUT2D eigenvalue weighted by Crippen LogP contribution is 2.23. The first-order valence-corrected chi connectivity index (χ1v) is 11.2. The number of benzene rings is 3. The standard InChI is InChI=1S/C24H22N2O5S/c1-18-6-10-21(11-7-18)26(2)32(28,29)23-5-3-4-20(16-23)24(27)31-15-14-30-22-12-8-19(17-25)9-13-22/h3-13,16H,14-15H2,1-2H3. The van der Waals surface area contributed by atoms with E-state index in [4.69, 9.17) is 14.7 Å². The van der Waals surface area contributed by atoms with Gasteiger partial charge in [-0.1, -0.05) is 23.8 Å². The van der Waals surface area contributed by atoms with E-state index in [0.717, 1.165) is 5.56 Å². The maximum absolute atomic E-state index is 13.0. The lowest BCUT2D eigenvalue weighted by atomic mass is 10.2. The van der Waals surface area contributed by atoms with Gasteiger partial charge < -0.3 is 9.47 Å². The summed E-state index contributed by atoms with van der Waals surface area (Å²) in [4.78, 5) is 12.4. The number of ether oxygens (including phenoxy) is 2. The Kier molecular flexibility index (Phi) is 7.13. The third-order valence-corrected chi connectivity index (χ3v) is 6.48. The molecule has 0 unspecified atom stereocenters. The van der Waals surface area contributed by atoms with E-state index in [-0.39, 0.29) is 23.7 Å². The molecule has 3 rings (SSSR count). The summed E-state index contributed by atoms with van der Waals surface area (Å²) in [5.74, 6) is -0.101. The molecule has 0 bridgehead atoms. The van der Waals surface area contributed by atoms with Crippen molar-refractivity contribution >= 4 is 21.7 Å². The average molecular weight is 451 g/mol. The van der Waals surface area contributed by atoms with Gasteiger partial charge in [0.05, 0.1) is 27.8 Å². The predicted molar refractivity (Wildman–Crippen MR) is 120 cm³/mol. The maximum atomic E-state index is 13.0. The highest BCUT2D eigenvalue weighted by molar-refractivity contribution is 7.92. The number of anilines is 1. The fourth-order valence-electron chi connectivity index (χ4n) is 2.84. The molecule has 0 fully saturated rings. The van der Waals surface area contributed by atoms with Crippen LogP contribution in [0.5, 0.6) is 5.75 Å². The molecule has 0 saturated carbocycles. The number of esters is 1. The maximum Gasteiger partial charge on any atom is 0.338 e. The molecule has 0 N–H and O–H groups in total. The van der Waals surface area contributed by atoms with E-state index in [1.807, 2.05) is 25.1 Å². The molecule has 0 aliphatic rings. The Labute approximate surface area is 187 Å². The van der Waals surface area contributed by atoms with Crippen LogP contribution in [0.15, 0.2) is 77.7 Å². The minimum absolute atomic E-state index is 0.0103. The van der Waals surface area contributed by atoms with Gasteiger partial charge in [0.15, 0.2) is 0 Å². The molecule has 7 nitrogen and oxygen atoms in total. The van der Waals surface area contributed by atoms with Crippen molar-refractivity contribution in [2.75, 3.05) is 24.6 Å². The molecule has 0 spiro atoms. The van der Waals surface area contributed by atoms with Gasteiger partial charge in [-0.15, -0.1) is 0 Å². The number of carbonyl (C=O) groups is 1. The lowest BCUT2D eigenvalue weighted by Gasteiger charge is -2.20. The lowest BCUT2D eigenvalue weighted by molar-refractivity contribution is 0.0450. The largest absolute Gasteiger partial charge is 0.490 e. The van der Waals surface area contributed by atoms with E-state index in [9.17, 15) is 13.2 Å². The highest BCUT2D eigenvalue weighted by Gasteiger charge is 2.22. The van der Waals surface area contributed by atoms with E-state index >= 15 is 0 Å². The fourth-order valence-corrected chi connectivity index (χ4v) is 4.08. The summed E-state index contributed by atoms with van der Waals surface area (Å²) in [5.41, 5.74) is 2.18. The van der Waals surface area contributed by atoms with Gasteiger partial charge in [0, 0.05) is 7.05 Å². The van der Waals surface area contributed by atoms with Gasteiger partial charge in [0.2, 0.25) is 0 Å². The van der Waals surface area contributed by atoms with Crippen molar-refractivity contribution in [3.8, 4) is 11.8 Å². The van der Waals surface area contributed by atoms with Gasteiger partial charge in [-0.2, -0.15) is 5.26 Å². The van der Waals surface area contributed by atoms with Crippen LogP contribution in [0.25, 0.3) is 0 Å². The molecule has 0 aromatic heterocycles. The molecule has 0 aliphatic heterocycles. The molecule has 32 heavy (non-hydrogen) atoms. The topological polar surface area (TPSA) is 96.7 Å². The summed E-state index contributed by atoms with van der Waals surface area (Å²) in [6.45, 7) is 2.02. The Morgan fingerprint density at radius 3 is 2.34 bits per heavy atom. The van der Waals surface area contributed by atoms with Crippen molar-refractivity contribution in [1.29, 1.82) is 5.26 Å². The van der Waals surface area contributed by atoms with Crippen LogP contribution < -0.4 is 9.04 Å². The van der Waals surface area contributed by atoms with Crippen molar-refractivity contribution < 1.29 is 22.7 Å². The van der Waals surface area contributed by atoms with Gasteiger partial charge in [0.25, 0.3) is 10.0 Å². The van der Waals surface area contributed by atoms with Crippen molar-refractivity contribution in [2.24, 2.45) is 0 Å². The first kappa shape index (κ1) is 22.8. The number of hydrogen-bond donors (Lipinski definition) is 0. The summed E-state index contributed by atoms with van der Waals surface area (Å²) in [6.07, 6.45) is 0.